The van der Waals surface area contributed by atoms with Crippen LogP contribution in [-0.2, 0) is 11.3 Å². The third kappa shape index (κ3) is 6.58. The van der Waals surface area contributed by atoms with Crippen molar-refractivity contribution in [2.24, 2.45) is 0 Å². The van der Waals surface area contributed by atoms with Crippen LogP contribution in [0.4, 0.5) is 5.69 Å². The number of thioether (sulfide) groups is 1. The molecule has 0 aliphatic heterocycles. The molecular formula is C23H23ClIN5O2S. The zero-order valence-corrected chi connectivity index (χ0v) is 21.9. The molecule has 0 saturated carbocycles. The van der Waals surface area contributed by atoms with E-state index in [-0.39, 0.29) is 17.6 Å². The molecule has 3 aromatic rings. The summed E-state index contributed by atoms with van der Waals surface area (Å²) in [7, 11) is 0. The maximum atomic E-state index is 12.6. The van der Waals surface area contributed by atoms with Crippen molar-refractivity contribution in [2.45, 2.75) is 31.6 Å². The van der Waals surface area contributed by atoms with Crippen LogP contribution in [0.5, 0.6) is 0 Å². The first kappa shape index (κ1) is 25.3. The van der Waals surface area contributed by atoms with Gasteiger partial charge in [-0.15, -0.1) is 16.8 Å². The van der Waals surface area contributed by atoms with E-state index < -0.39 is 6.04 Å². The summed E-state index contributed by atoms with van der Waals surface area (Å²) < 4.78 is 2.94. The molecule has 0 saturated heterocycles. The lowest BCUT2D eigenvalue weighted by atomic mass is 10.2. The Balaban J connectivity index is 1.68. The van der Waals surface area contributed by atoms with E-state index >= 15 is 0 Å². The van der Waals surface area contributed by atoms with E-state index in [0.717, 1.165) is 14.8 Å². The molecule has 1 heterocycles. The number of rotatable bonds is 9. The zero-order valence-electron chi connectivity index (χ0n) is 18.1. The van der Waals surface area contributed by atoms with Crippen LogP contribution in [-0.4, -0.2) is 32.3 Å². The van der Waals surface area contributed by atoms with Crippen molar-refractivity contribution in [3.63, 3.8) is 0 Å². The first-order valence-electron chi connectivity index (χ1n) is 10.1. The van der Waals surface area contributed by atoms with E-state index in [9.17, 15) is 9.59 Å². The lowest BCUT2D eigenvalue weighted by molar-refractivity contribution is -0.113. The highest BCUT2D eigenvalue weighted by Crippen LogP contribution is 2.23. The highest BCUT2D eigenvalue weighted by Gasteiger charge is 2.21. The van der Waals surface area contributed by atoms with Crippen molar-refractivity contribution in [1.82, 2.24) is 20.1 Å². The molecule has 1 atom stereocenters. The maximum Gasteiger partial charge on any atom is 0.253 e. The standard InChI is InChI=1S/C23H23ClIN5O2S/c1-4-11-30-21(15(3)26-22(32)17-7-5-6-8-18(17)24)28-29-23(30)33-13-20(31)27-19-10-9-16(25)12-14(19)2/h4-10,12,15H,1,11,13H2,2-3H3,(H,26,32)(H,27,31)/t15-/m1/s1. The van der Waals surface area contributed by atoms with Gasteiger partial charge < -0.3 is 15.2 Å². The minimum Gasteiger partial charge on any atom is -0.342 e. The van der Waals surface area contributed by atoms with Crippen LogP contribution in [0.1, 0.15) is 34.7 Å². The van der Waals surface area contributed by atoms with E-state index in [4.69, 9.17) is 11.6 Å². The van der Waals surface area contributed by atoms with Crippen LogP contribution in [0.3, 0.4) is 0 Å². The Morgan fingerprint density at radius 1 is 1.27 bits per heavy atom. The van der Waals surface area contributed by atoms with Gasteiger partial charge in [0.25, 0.3) is 5.91 Å². The molecule has 2 N–H and O–H groups in total. The van der Waals surface area contributed by atoms with E-state index in [2.05, 4.69) is 50.0 Å². The molecule has 0 bridgehead atoms. The summed E-state index contributed by atoms with van der Waals surface area (Å²) in [5.41, 5.74) is 2.17. The van der Waals surface area contributed by atoms with Crippen molar-refractivity contribution >= 4 is 63.5 Å². The molecule has 3 rings (SSSR count). The third-order valence-electron chi connectivity index (χ3n) is 4.71. The lowest BCUT2D eigenvalue weighted by Crippen LogP contribution is -2.29. The van der Waals surface area contributed by atoms with E-state index in [1.807, 2.05) is 36.6 Å². The number of aromatic nitrogens is 3. The Labute approximate surface area is 215 Å². The second kappa shape index (κ2) is 11.7. The molecule has 7 nitrogen and oxygen atoms in total. The monoisotopic (exact) mass is 595 g/mol. The van der Waals surface area contributed by atoms with E-state index in [0.29, 0.717) is 28.1 Å². The molecular weight excluding hydrogens is 573 g/mol. The second-order valence-electron chi connectivity index (χ2n) is 7.21. The maximum absolute atomic E-state index is 12.6. The highest BCUT2D eigenvalue weighted by molar-refractivity contribution is 14.1. The summed E-state index contributed by atoms with van der Waals surface area (Å²) in [6.07, 6.45) is 1.72. The molecule has 33 heavy (non-hydrogen) atoms. The van der Waals surface area contributed by atoms with Crippen molar-refractivity contribution in [3.05, 3.63) is 80.7 Å². The average molecular weight is 596 g/mol. The van der Waals surface area contributed by atoms with Gasteiger partial charge in [-0.25, -0.2) is 0 Å². The fourth-order valence-corrected chi connectivity index (χ4v) is 4.72. The normalized spacial score (nSPS) is 11.6. The average Bonchev–Trinajstić information content (AvgIpc) is 3.17. The van der Waals surface area contributed by atoms with Crippen molar-refractivity contribution in [2.75, 3.05) is 11.1 Å². The quantitative estimate of drug-likeness (QED) is 0.200. The Morgan fingerprint density at radius 3 is 2.73 bits per heavy atom. The van der Waals surface area contributed by atoms with Gasteiger partial charge in [-0.3, -0.25) is 9.59 Å². The van der Waals surface area contributed by atoms with E-state index in [1.54, 1.807) is 30.3 Å². The number of hydrogen-bond acceptors (Lipinski definition) is 5. The predicted octanol–water partition coefficient (Wildman–Crippen LogP) is 5.25. The molecule has 0 aliphatic rings. The smallest absolute Gasteiger partial charge is 0.253 e. The lowest BCUT2D eigenvalue weighted by Gasteiger charge is -2.15. The van der Waals surface area contributed by atoms with Crippen molar-refractivity contribution in [3.8, 4) is 0 Å². The van der Waals surface area contributed by atoms with Gasteiger partial charge in [0.2, 0.25) is 5.91 Å². The Kier molecular flexibility index (Phi) is 8.93. The van der Waals surface area contributed by atoms with E-state index in [1.165, 1.54) is 11.8 Å². The summed E-state index contributed by atoms with van der Waals surface area (Å²) in [5.74, 6) is 0.287. The number of benzene rings is 2. The number of aryl methyl sites for hydroxylation is 1. The fourth-order valence-electron chi connectivity index (χ4n) is 3.10. The molecule has 0 fully saturated rings. The topological polar surface area (TPSA) is 88.9 Å². The Morgan fingerprint density at radius 2 is 2.03 bits per heavy atom. The summed E-state index contributed by atoms with van der Waals surface area (Å²) >= 11 is 9.64. The first-order chi connectivity index (χ1) is 15.8. The Hall–Kier alpha value is -2.37. The number of nitrogens with zero attached hydrogens (tertiary/aromatic N) is 3. The minimum atomic E-state index is -0.432. The largest absolute Gasteiger partial charge is 0.342 e. The van der Waals surface area contributed by atoms with Gasteiger partial charge in [0.15, 0.2) is 11.0 Å². The van der Waals surface area contributed by atoms with Gasteiger partial charge in [-0.05, 0) is 72.3 Å². The number of anilines is 1. The molecule has 1 aromatic heterocycles. The fraction of sp³-hybridized carbons (Fsp3) is 0.217. The molecule has 172 valence electrons. The molecule has 0 radical (unpaired) electrons. The molecule has 0 aliphatic carbocycles. The van der Waals surface area contributed by atoms with Gasteiger partial charge in [0.1, 0.15) is 0 Å². The van der Waals surface area contributed by atoms with Crippen LogP contribution >= 0.6 is 46.0 Å². The number of carbonyl (C=O) groups is 2. The number of hydrogen-bond donors (Lipinski definition) is 2. The summed E-state index contributed by atoms with van der Waals surface area (Å²) in [6, 6.07) is 12.3. The summed E-state index contributed by atoms with van der Waals surface area (Å²) in [6.45, 7) is 8.01. The number of halogens is 2. The highest BCUT2D eigenvalue weighted by atomic mass is 127. The van der Waals surface area contributed by atoms with Crippen LogP contribution in [0.15, 0.2) is 60.3 Å². The van der Waals surface area contributed by atoms with Gasteiger partial charge in [0.05, 0.1) is 22.4 Å². The molecule has 10 heteroatoms. The van der Waals surface area contributed by atoms with Crippen molar-refractivity contribution < 1.29 is 9.59 Å². The zero-order chi connectivity index (χ0) is 24.0. The van der Waals surface area contributed by atoms with Gasteiger partial charge >= 0.3 is 0 Å². The number of amides is 2. The second-order valence-corrected chi connectivity index (χ2v) is 9.81. The Bertz CT molecular complexity index is 1180. The van der Waals surface area contributed by atoms with Gasteiger partial charge in [-0.2, -0.15) is 0 Å². The minimum absolute atomic E-state index is 0.140. The van der Waals surface area contributed by atoms with Crippen LogP contribution < -0.4 is 10.6 Å². The molecule has 2 aromatic carbocycles. The van der Waals surface area contributed by atoms with Crippen LogP contribution in [0.2, 0.25) is 5.02 Å². The van der Waals surface area contributed by atoms with Crippen LogP contribution in [0, 0.1) is 10.5 Å². The number of nitrogens with one attached hydrogen (secondary N) is 2. The van der Waals surface area contributed by atoms with Crippen molar-refractivity contribution in [1.29, 1.82) is 0 Å². The van der Waals surface area contributed by atoms with Gasteiger partial charge in [0, 0.05) is 15.8 Å². The SMILES string of the molecule is C=CCn1c(SCC(=O)Nc2ccc(I)cc2C)nnc1[C@@H](C)NC(=O)c1ccccc1Cl. The summed E-state index contributed by atoms with van der Waals surface area (Å²) in [5, 5.41) is 15.3. The van der Waals surface area contributed by atoms with Crippen LogP contribution in [0.25, 0.3) is 0 Å². The van der Waals surface area contributed by atoms with Gasteiger partial charge in [-0.1, -0.05) is 41.6 Å². The third-order valence-corrected chi connectivity index (χ3v) is 6.67. The number of carbonyl (C=O) groups excluding carboxylic acids is 2. The number of allylic oxidation sites excluding steroid dienone is 1. The molecule has 2 amide bonds. The summed E-state index contributed by atoms with van der Waals surface area (Å²) in [4.78, 5) is 25.1. The molecule has 0 spiro atoms. The first-order valence-corrected chi connectivity index (χ1v) is 12.5. The predicted molar refractivity (Wildman–Crippen MR) is 141 cm³/mol. The molecule has 0 unspecified atom stereocenters.